The molecule has 0 heterocycles. The van der Waals surface area contributed by atoms with E-state index >= 15 is 0 Å². The molecule has 0 aliphatic heterocycles. The van der Waals surface area contributed by atoms with Crippen LogP contribution in [0.3, 0.4) is 0 Å². The first-order valence-electron chi connectivity index (χ1n) is 2.45. The molecule has 0 aromatic rings. The molecule has 0 atom stereocenters. The average Bonchev–Trinajstić information content (AvgIpc) is 1.83. The van der Waals surface area contributed by atoms with Gasteiger partial charge in [-0.3, -0.25) is 0 Å². The van der Waals surface area contributed by atoms with Crippen molar-refractivity contribution < 1.29 is 13.2 Å². The molecule has 4 heteroatoms. The molecular weight excluding hydrogens is 165 g/mol. The van der Waals surface area contributed by atoms with Crippen LogP contribution in [0.4, 0.5) is 13.2 Å². The first kappa shape index (κ1) is 9.56. The van der Waals surface area contributed by atoms with Crippen LogP contribution >= 0.6 is 11.6 Å². The predicted molar refractivity (Wildman–Crippen MR) is 34.8 cm³/mol. The van der Waals surface area contributed by atoms with Crippen LogP contribution in [-0.2, 0) is 0 Å². The van der Waals surface area contributed by atoms with Gasteiger partial charge in [0.15, 0.2) is 0 Å². The van der Waals surface area contributed by atoms with Crippen LogP contribution in [0.15, 0.2) is 23.3 Å². The lowest BCUT2D eigenvalue weighted by Crippen LogP contribution is -2.09. The zero-order chi connectivity index (χ0) is 8.36. The van der Waals surface area contributed by atoms with Gasteiger partial charge < -0.3 is 0 Å². The van der Waals surface area contributed by atoms with Gasteiger partial charge in [0.05, 0.1) is 0 Å². The molecule has 0 aromatic carbocycles. The second-order valence-electron chi connectivity index (χ2n) is 1.67. The van der Waals surface area contributed by atoms with E-state index in [0.717, 1.165) is 13.0 Å². The molecule has 58 valence electrons. The molecule has 0 saturated carbocycles. The smallest absolute Gasteiger partial charge is 0.166 e. The van der Waals surface area contributed by atoms with E-state index in [0.29, 0.717) is 0 Å². The van der Waals surface area contributed by atoms with Crippen molar-refractivity contribution in [1.82, 2.24) is 0 Å². The van der Waals surface area contributed by atoms with Crippen molar-refractivity contribution in [1.29, 1.82) is 0 Å². The number of alkyl halides is 3. The molecule has 0 spiro atoms. The van der Waals surface area contributed by atoms with Gasteiger partial charge in [-0.05, 0) is 6.92 Å². The summed E-state index contributed by atoms with van der Waals surface area (Å²) in [5.74, 6) is 0. The number of hydrogen-bond acceptors (Lipinski definition) is 0. The fraction of sp³-hybridized carbons (Fsp3) is 0.333. The maximum absolute atomic E-state index is 11.7. The van der Waals surface area contributed by atoms with Gasteiger partial charge >= 0.3 is 6.18 Å². The molecule has 0 saturated heterocycles. The third-order valence-electron chi connectivity index (χ3n) is 0.963. The SMILES string of the molecule is C=C/C(Cl)=C(\C)C(F)(F)F. The first-order valence-corrected chi connectivity index (χ1v) is 2.83. The Morgan fingerprint density at radius 2 is 1.90 bits per heavy atom. The summed E-state index contributed by atoms with van der Waals surface area (Å²) in [7, 11) is 0. The quantitative estimate of drug-likeness (QED) is 0.530. The van der Waals surface area contributed by atoms with E-state index in [2.05, 4.69) is 6.58 Å². The van der Waals surface area contributed by atoms with E-state index in [1.54, 1.807) is 0 Å². The summed E-state index contributed by atoms with van der Waals surface area (Å²) < 4.78 is 35.1. The average molecular weight is 171 g/mol. The van der Waals surface area contributed by atoms with Gasteiger partial charge in [-0.15, -0.1) is 0 Å². The van der Waals surface area contributed by atoms with Crippen LogP contribution in [0.25, 0.3) is 0 Å². The normalized spacial score (nSPS) is 14.5. The van der Waals surface area contributed by atoms with E-state index in [9.17, 15) is 13.2 Å². The van der Waals surface area contributed by atoms with Gasteiger partial charge in [0.2, 0.25) is 0 Å². The minimum Gasteiger partial charge on any atom is -0.166 e. The highest BCUT2D eigenvalue weighted by Crippen LogP contribution is 2.29. The molecule has 0 aliphatic rings. The molecule has 0 N–H and O–H groups in total. The topological polar surface area (TPSA) is 0 Å². The standard InChI is InChI=1S/C6H6ClF3/c1-3-5(7)4(2)6(8,9)10/h3H,1H2,2H3/b5-4-. The predicted octanol–water partition coefficient (Wildman–Crippen LogP) is 3.25. The van der Waals surface area contributed by atoms with Crippen LogP contribution in [-0.4, -0.2) is 6.18 Å². The molecule has 0 rings (SSSR count). The maximum Gasteiger partial charge on any atom is 0.413 e. The van der Waals surface area contributed by atoms with Crippen molar-refractivity contribution in [3.05, 3.63) is 23.3 Å². The van der Waals surface area contributed by atoms with E-state index in [1.807, 2.05) is 0 Å². The Kier molecular flexibility index (Phi) is 2.96. The Hall–Kier alpha value is -0.440. The van der Waals surface area contributed by atoms with Crippen LogP contribution < -0.4 is 0 Å². The molecule has 0 fully saturated rings. The summed E-state index contributed by atoms with van der Waals surface area (Å²) in [6, 6.07) is 0. The minimum atomic E-state index is -4.34. The Bertz CT molecular complexity index is 166. The summed E-state index contributed by atoms with van der Waals surface area (Å²) >= 11 is 5.14. The zero-order valence-corrected chi connectivity index (χ0v) is 6.05. The highest BCUT2D eigenvalue weighted by Gasteiger charge is 2.31. The van der Waals surface area contributed by atoms with Gasteiger partial charge in [0.1, 0.15) is 0 Å². The Balaban J connectivity index is 4.63. The van der Waals surface area contributed by atoms with Crippen molar-refractivity contribution in [3.8, 4) is 0 Å². The lowest BCUT2D eigenvalue weighted by Gasteiger charge is -2.06. The van der Waals surface area contributed by atoms with Crippen molar-refractivity contribution in [3.63, 3.8) is 0 Å². The fourth-order valence-electron chi connectivity index (χ4n) is 0.288. The van der Waals surface area contributed by atoms with Crippen molar-refractivity contribution in [2.24, 2.45) is 0 Å². The number of allylic oxidation sites excluding steroid dienone is 3. The van der Waals surface area contributed by atoms with Crippen LogP contribution in [0.5, 0.6) is 0 Å². The molecule has 10 heavy (non-hydrogen) atoms. The summed E-state index contributed by atoms with van der Waals surface area (Å²) in [5.41, 5.74) is -0.816. The molecule has 0 unspecified atom stereocenters. The number of halogens is 4. The Labute approximate surface area is 62.0 Å². The van der Waals surface area contributed by atoms with Gasteiger partial charge in [-0.25, -0.2) is 0 Å². The summed E-state index contributed by atoms with van der Waals surface area (Å²) in [6.45, 7) is 4.01. The third kappa shape index (κ3) is 2.43. The van der Waals surface area contributed by atoms with Crippen LogP contribution in [0, 0.1) is 0 Å². The second-order valence-corrected chi connectivity index (χ2v) is 2.08. The lowest BCUT2D eigenvalue weighted by atomic mass is 10.3. The molecule has 0 radical (unpaired) electrons. The number of rotatable bonds is 1. The molecule has 0 aromatic heterocycles. The van der Waals surface area contributed by atoms with E-state index < -0.39 is 11.7 Å². The Morgan fingerprint density at radius 1 is 1.50 bits per heavy atom. The maximum atomic E-state index is 11.7. The molecule has 0 nitrogen and oxygen atoms in total. The first-order chi connectivity index (χ1) is 4.39. The highest BCUT2D eigenvalue weighted by atomic mass is 35.5. The highest BCUT2D eigenvalue weighted by molar-refractivity contribution is 6.31. The largest absolute Gasteiger partial charge is 0.413 e. The van der Waals surface area contributed by atoms with Gasteiger partial charge in [-0.2, -0.15) is 13.2 Å². The summed E-state index contributed by atoms with van der Waals surface area (Å²) in [5, 5.41) is -0.354. The van der Waals surface area contributed by atoms with Crippen molar-refractivity contribution in [2.45, 2.75) is 13.1 Å². The second kappa shape index (κ2) is 3.10. The van der Waals surface area contributed by atoms with E-state index in [1.165, 1.54) is 0 Å². The zero-order valence-electron chi connectivity index (χ0n) is 5.30. The van der Waals surface area contributed by atoms with Crippen LogP contribution in [0.1, 0.15) is 6.92 Å². The van der Waals surface area contributed by atoms with Crippen LogP contribution in [0.2, 0.25) is 0 Å². The van der Waals surface area contributed by atoms with Gasteiger partial charge in [0.25, 0.3) is 0 Å². The Morgan fingerprint density at radius 3 is 2.00 bits per heavy atom. The molecule has 0 aliphatic carbocycles. The summed E-state index contributed by atoms with van der Waals surface area (Å²) in [6.07, 6.45) is -3.38. The van der Waals surface area contributed by atoms with Gasteiger partial charge in [0, 0.05) is 10.6 Å². The minimum absolute atomic E-state index is 0.354. The molecular formula is C6H6ClF3. The van der Waals surface area contributed by atoms with Crippen molar-refractivity contribution in [2.75, 3.05) is 0 Å². The van der Waals surface area contributed by atoms with E-state index in [4.69, 9.17) is 11.6 Å². The molecule has 0 bridgehead atoms. The lowest BCUT2D eigenvalue weighted by molar-refractivity contribution is -0.0915. The van der Waals surface area contributed by atoms with E-state index in [-0.39, 0.29) is 5.03 Å². The van der Waals surface area contributed by atoms with Crippen molar-refractivity contribution >= 4 is 11.6 Å². The fourth-order valence-corrected chi connectivity index (χ4v) is 0.396. The third-order valence-corrected chi connectivity index (χ3v) is 1.40. The summed E-state index contributed by atoms with van der Waals surface area (Å²) in [4.78, 5) is 0. The number of hydrogen-bond donors (Lipinski definition) is 0. The van der Waals surface area contributed by atoms with Gasteiger partial charge in [-0.1, -0.05) is 24.3 Å². The monoisotopic (exact) mass is 170 g/mol. The molecule has 0 amide bonds.